The van der Waals surface area contributed by atoms with Gasteiger partial charge in [-0.2, -0.15) is 15.0 Å². The van der Waals surface area contributed by atoms with Crippen molar-refractivity contribution in [1.29, 1.82) is 0 Å². The lowest BCUT2D eigenvalue weighted by molar-refractivity contribution is 0.0950. The van der Waals surface area contributed by atoms with Crippen LogP contribution in [-0.2, 0) is 24.4 Å². The van der Waals surface area contributed by atoms with E-state index in [2.05, 4.69) is 26.1 Å². The predicted molar refractivity (Wildman–Crippen MR) is 157 cm³/mol. The molecule has 14 heteroatoms. The number of nitrogens with zero attached hydrogens (tertiary/aromatic N) is 4. The topological polar surface area (TPSA) is 139 Å². The number of halogens is 2. The van der Waals surface area contributed by atoms with Gasteiger partial charge in [0, 0.05) is 49.4 Å². The van der Waals surface area contributed by atoms with Crippen molar-refractivity contribution in [1.82, 2.24) is 25.2 Å². The number of nitrogens with two attached hydrogens (primary N) is 1. The van der Waals surface area contributed by atoms with Crippen LogP contribution in [0.3, 0.4) is 0 Å². The first-order valence-electron chi connectivity index (χ1n) is 13.1. The fourth-order valence-electron chi connectivity index (χ4n) is 4.24. The average molecular weight is 599 g/mol. The summed E-state index contributed by atoms with van der Waals surface area (Å²) in [7, 11) is 3.52. The Morgan fingerprint density at radius 3 is 2.40 bits per heavy atom. The summed E-state index contributed by atoms with van der Waals surface area (Å²) in [6, 6.07) is 10.0. The molecule has 0 saturated heterocycles. The molecule has 4 aromatic rings. The number of amides is 3. The van der Waals surface area contributed by atoms with Crippen molar-refractivity contribution in [3.05, 3.63) is 83.2 Å². The van der Waals surface area contributed by atoms with Crippen LogP contribution in [0.1, 0.15) is 21.5 Å². The van der Waals surface area contributed by atoms with E-state index in [4.69, 9.17) is 10.5 Å². The number of carbonyl (C=O) groups is 2. The lowest BCUT2D eigenvalue weighted by Gasteiger charge is -2.18. The maximum absolute atomic E-state index is 14.5. The minimum Gasteiger partial charge on any atom is -0.383 e. The van der Waals surface area contributed by atoms with Crippen LogP contribution in [0.4, 0.5) is 24.3 Å². The second-order valence-corrected chi connectivity index (χ2v) is 10.4. The molecule has 42 heavy (non-hydrogen) atoms. The van der Waals surface area contributed by atoms with E-state index < -0.39 is 17.7 Å². The molecule has 2 aromatic carbocycles. The molecule has 11 nitrogen and oxygen atoms in total. The molecule has 222 valence electrons. The SMILES string of the molecule is COCCN(C)Cc1c(-c2ccc(NC(N)=O)cc2)sc(NCc2c(F)cccc2F)c1C(=O)NCCn1nccn1. The quantitative estimate of drug-likeness (QED) is 0.173. The predicted octanol–water partition coefficient (Wildman–Crippen LogP) is 3.90. The number of rotatable bonds is 14. The normalized spacial score (nSPS) is 11.1. The summed E-state index contributed by atoms with van der Waals surface area (Å²) in [6.07, 6.45) is 3.10. The molecule has 0 radical (unpaired) electrons. The molecule has 0 bridgehead atoms. The zero-order chi connectivity index (χ0) is 30.1. The number of hydrogen-bond acceptors (Lipinski definition) is 8. The molecule has 0 fully saturated rings. The molecule has 0 aliphatic rings. The van der Waals surface area contributed by atoms with Gasteiger partial charge in [-0.05, 0) is 42.4 Å². The van der Waals surface area contributed by atoms with Crippen molar-refractivity contribution in [2.24, 2.45) is 5.73 Å². The summed E-state index contributed by atoms with van der Waals surface area (Å²) >= 11 is 1.30. The number of nitrogens with one attached hydrogen (secondary N) is 3. The number of carbonyl (C=O) groups excluding carboxylic acids is 2. The minimum absolute atomic E-state index is 0.135. The summed E-state index contributed by atoms with van der Waals surface area (Å²) in [6.45, 7) is 1.91. The largest absolute Gasteiger partial charge is 0.383 e. The molecule has 2 heterocycles. The highest BCUT2D eigenvalue weighted by atomic mass is 32.1. The Hall–Kier alpha value is -4.40. The van der Waals surface area contributed by atoms with Gasteiger partial charge in [0.25, 0.3) is 5.91 Å². The molecule has 0 aliphatic heterocycles. The molecule has 0 aliphatic carbocycles. The summed E-state index contributed by atoms with van der Waals surface area (Å²) in [5.41, 5.74) is 7.49. The maximum atomic E-state index is 14.5. The van der Waals surface area contributed by atoms with Gasteiger partial charge in [-0.25, -0.2) is 13.6 Å². The molecule has 0 spiro atoms. The van der Waals surface area contributed by atoms with E-state index in [1.54, 1.807) is 43.8 Å². The third-order valence-corrected chi connectivity index (χ3v) is 7.54. The van der Waals surface area contributed by atoms with Crippen LogP contribution >= 0.6 is 11.3 Å². The highest BCUT2D eigenvalue weighted by Crippen LogP contribution is 2.42. The molecular formula is C28H32F2N8O3S. The van der Waals surface area contributed by atoms with E-state index in [9.17, 15) is 18.4 Å². The van der Waals surface area contributed by atoms with Gasteiger partial charge in [0.05, 0.1) is 31.1 Å². The summed E-state index contributed by atoms with van der Waals surface area (Å²) in [5.74, 6) is -1.73. The Balaban J connectivity index is 1.73. The van der Waals surface area contributed by atoms with Crippen LogP contribution < -0.4 is 21.7 Å². The van der Waals surface area contributed by atoms with Gasteiger partial charge in [-0.3, -0.25) is 9.69 Å². The highest BCUT2D eigenvalue weighted by Gasteiger charge is 2.26. The van der Waals surface area contributed by atoms with Crippen molar-refractivity contribution >= 4 is 34.0 Å². The highest BCUT2D eigenvalue weighted by molar-refractivity contribution is 7.20. The zero-order valence-electron chi connectivity index (χ0n) is 23.2. The Kier molecular flexibility index (Phi) is 10.5. The Morgan fingerprint density at radius 2 is 1.76 bits per heavy atom. The second kappa shape index (κ2) is 14.5. The Morgan fingerprint density at radius 1 is 1.07 bits per heavy atom. The van der Waals surface area contributed by atoms with E-state index in [0.717, 1.165) is 16.0 Å². The van der Waals surface area contributed by atoms with Gasteiger partial charge in [0.1, 0.15) is 16.6 Å². The molecule has 5 N–H and O–H groups in total. The van der Waals surface area contributed by atoms with E-state index in [1.165, 1.54) is 34.3 Å². The molecule has 2 aromatic heterocycles. The summed E-state index contributed by atoms with van der Waals surface area (Å²) < 4.78 is 34.1. The van der Waals surface area contributed by atoms with Crippen molar-refractivity contribution in [3.8, 4) is 10.4 Å². The Labute approximate surface area is 245 Å². The molecular weight excluding hydrogens is 566 g/mol. The second-order valence-electron chi connectivity index (χ2n) is 9.35. The first-order valence-corrected chi connectivity index (χ1v) is 13.9. The van der Waals surface area contributed by atoms with Gasteiger partial charge in [0.15, 0.2) is 0 Å². The van der Waals surface area contributed by atoms with Crippen molar-refractivity contribution in [3.63, 3.8) is 0 Å². The smallest absolute Gasteiger partial charge is 0.316 e. The lowest BCUT2D eigenvalue weighted by atomic mass is 10.0. The van der Waals surface area contributed by atoms with Crippen molar-refractivity contribution in [2.45, 2.75) is 19.6 Å². The number of methoxy groups -OCH3 is 1. The number of primary amides is 1. The molecule has 3 amide bonds. The summed E-state index contributed by atoms with van der Waals surface area (Å²) in [4.78, 5) is 29.3. The van der Waals surface area contributed by atoms with Crippen LogP contribution in [0.25, 0.3) is 10.4 Å². The molecule has 0 saturated carbocycles. The first-order chi connectivity index (χ1) is 20.3. The van der Waals surface area contributed by atoms with Crippen LogP contribution in [-0.4, -0.2) is 65.7 Å². The van der Waals surface area contributed by atoms with E-state index in [1.807, 2.05) is 11.9 Å². The minimum atomic E-state index is -0.686. The summed E-state index contributed by atoms with van der Waals surface area (Å²) in [5, 5.41) is 17.1. The third-order valence-electron chi connectivity index (χ3n) is 6.31. The standard InChI is InChI=1S/C28H32F2N8O3S/c1-37(14-15-41-2)17-21-24(26(39)32-12-13-38-34-10-11-35-38)27(33-16-20-22(29)4-3-5-23(20)30)42-25(21)18-6-8-19(9-7-18)36-28(31)40/h3-11,33H,12-17H2,1-2H3,(H,32,39)(H3,31,36,40). The molecule has 0 unspecified atom stereocenters. The van der Waals surface area contributed by atoms with E-state index in [0.29, 0.717) is 42.5 Å². The Bertz CT molecular complexity index is 1480. The lowest BCUT2D eigenvalue weighted by Crippen LogP contribution is -2.30. The van der Waals surface area contributed by atoms with Crippen LogP contribution in [0, 0.1) is 11.6 Å². The fourth-order valence-corrected chi connectivity index (χ4v) is 5.45. The number of thiophene rings is 1. The third kappa shape index (κ3) is 7.87. The van der Waals surface area contributed by atoms with Crippen LogP contribution in [0.5, 0.6) is 0 Å². The number of urea groups is 1. The van der Waals surface area contributed by atoms with Crippen LogP contribution in [0.15, 0.2) is 54.9 Å². The van der Waals surface area contributed by atoms with Crippen molar-refractivity contribution < 1.29 is 23.1 Å². The number of benzene rings is 2. The average Bonchev–Trinajstić information content (AvgIpc) is 3.60. The van der Waals surface area contributed by atoms with Gasteiger partial charge in [-0.15, -0.1) is 11.3 Å². The fraction of sp³-hybridized carbons (Fsp3) is 0.286. The number of hydrogen-bond donors (Lipinski definition) is 4. The maximum Gasteiger partial charge on any atom is 0.316 e. The monoisotopic (exact) mass is 598 g/mol. The van der Waals surface area contributed by atoms with Gasteiger partial charge >= 0.3 is 6.03 Å². The number of likely N-dealkylation sites (N-methyl/N-ethyl adjacent to an activating group) is 1. The zero-order valence-corrected chi connectivity index (χ0v) is 24.0. The van der Waals surface area contributed by atoms with Gasteiger partial charge in [-0.1, -0.05) is 18.2 Å². The first kappa shape index (κ1) is 30.6. The van der Waals surface area contributed by atoms with E-state index >= 15 is 0 Å². The van der Waals surface area contributed by atoms with Gasteiger partial charge in [0.2, 0.25) is 0 Å². The molecule has 0 atom stereocenters. The van der Waals surface area contributed by atoms with Crippen molar-refractivity contribution in [2.75, 3.05) is 44.5 Å². The van der Waals surface area contributed by atoms with Gasteiger partial charge < -0.3 is 26.4 Å². The number of anilines is 2. The number of aromatic nitrogens is 3. The van der Waals surface area contributed by atoms with Crippen LogP contribution in [0.2, 0.25) is 0 Å². The van der Waals surface area contributed by atoms with E-state index in [-0.39, 0.29) is 24.6 Å². The number of ether oxygens (including phenoxy) is 1. The molecule has 4 rings (SSSR count).